The van der Waals surface area contributed by atoms with Gasteiger partial charge in [0.25, 0.3) is 10.0 Å². The van der Waals surface area contributed by atoms with Crippen molar-refractivity contribution < 1.29 is 13.2 Å². The summed E-state index contributed by atoms with van der Waals surface area (Å²) in [5.41, 5.74) is 1.19. The van der Waals surface area contributed by atoms with Crippen LogP contribution in [0.1, 0.15) is 23.8 Å². The molecule has 0 saturated carbocycles. The van der Waals surface area contributed by atoms with Gasteiger partial charge in [0.2, 0.25) is 5.91 Å². The van der Waals surface area contributed by atoms with Crippen molar-refractivity contribution in [2.24, 2.45) is 0 Å². The Bertz CT molecular complexity index is 1130. The highest BCUT2D eigenvalue weighted by Crippen LogP contribution is 2.34. The third-order valence-corrected chi connectivity index (χ3v) is 8.26. The zero-order chi connectivity index (χ0) is 21.8. The number of carbonyl (C=O) groups is 1. The van der Waals surface area contributed by atoms with Gasteiger partial charge in [-0.15, -0.1) is 11.3 Å². The SMILES string of the molecule is CN(c1ccccc1)S(=O)(=O)c1cccc(NCC(=O)N2CCCC2c2cccs2)c1. The molecule has 1 atom stereocenters. The van der Waals surface area contributed by atoms with Gasteiger partial charge < -0.3 is 10.2 Å². The van der Waals surface area contributed by atoms with Gasteiger partial charge >= 0.3 is 0 Å². The van der Waals surface area contributed by atoms with Gasteiger partial charge in [-0.3, -0.25) is 9.10 Å². The van der Waals surface area contributed by atoms with E-state index in [1.54, 1.807) is 59.9 Å². The molecule has 1 aliphatic heterocycles. The third-order valence-electron chi connectivity index (χ3n) is 5.50. The van der Waals surface area contributed by atoms with Crippen LogP contribution in [0.3, 0.4) is 0 Å². The van der Waals surface area contributed by atoms with Gasteiger partial charge in [-0.2, -0.15) is 0 Å². The normalized spacial score (nSPS) is 16.3. The van der Waals surface area contributed by atoms with Crippen LogP contribution in [-0.4, -0.2) is 39.4 Å². The Morgan fingerprint density at radius 3 is 2.68 bits per heavy atom. The second kappa shape index (κ2) is 9.11. The van der Waals surface area contributed by atoms with Crippen molar-refractivity contribution >= 4 is 38.6 Å². The average Bonchev–Trinajstić information content (AvgIpc) is 3.49. The standard InChI is InChI=1S/C23H25N3O3S2/c1-25(19-9-3-2-4-10-19)31(28,29)20-11-5-8-18(16-20)24-17-23(27)26-14-6-12-21(26)22-13-7-15-30-22/h2-5,7-11,13,15-16,21,24H,6,12,14,17H2,1H3. The van der Waals surface area contributed by atoms with Gasteiger partial charge in [0.05, 0.1) is 23.2 Å². The number of anilines is 2. The lowest BCUT2D eigenvalue weighted by atomic mass is 10.2. The second-order valence-corrected chi connectivity index (χ2v) is 10.4. The van der Waals surface area contributed by atoms with E-state index in [0.29, 0.717) is 11.4 Å². The van der Waals surface area contributed by atoms with Crippen LogP contribution in [0.25, 0.3) is 0 Å². The van der Waals surface area contributed by atoms with Crippen LogP contribution in [0.4, 0.5) is 11.4 Å². The first-order valence-corrected chi connectivity index (χ1v) is 12.5. The first kappa shape index (κ1) is 21.4. The van der Waals surface area contributed by atoms with E-state index >= 15 is 0 Å². The lowest BCUT2D eigenvalue weighted by molar-refractivity contribution is -0.130. The summed E-state index contributed by atoms with van der Waals surface area (Å²) in [4.78, 5) is 16.1. The van der Waals surface area contributed by atoms with E-state index in [0.717, 1.165) is 19.4 Å². The summed E-state index contributed by atoms with van der Waals surface area (Å²) in [5.74, 6) is 0.0190. The van der Waals surface area contributed by atoms with Gasteiger partial charge in [0.15, 0.2) is 0 Å². The number of nitrogens with one attached hydrogen (secondary N) is 1. The predicted molar refractivity (Wildman–Crippen MR) is 125 cm³/mol. The summed E-state index contributed by atoms with van der Waals surface area (Å²) < 4.78 is 27.3. The Labute approximate surface area is 187 Å². The number of sulfonamides is 1. The maximum Gasteiger partial charge on any atom is 0.264 e. The fourth-order valence-electron chi connectivity index (χ4n) is 3.82. The first-order chi connectivity index (χ1) is 15.0. The maximum absolute atomic E-state index is 13.0. The number of hydrogen-bond donors (Lipinski definition) is 1. The van der Waals surface area contributed by atoms with Crippen molar-refractivity contribution in [3.8, 4) is 0 Å². The lowest BCUT2D eigenvalue weighted by Crippen LogP contribution is -2.34. The fraction of sp³-hybridized carbons (Fsp3) is 0.261. The molecule has 1 amide bonds. The Balaban J connectivity index is 1.45. The molecular formula is C23H25N3O3S2. The van der Waals surface area contributed by atoms with Crippen molar-refractivity contribution in [3.63, 3.8) is 0 Å². The van der Waals surface area contributed by atoms with Gasteiger partial charge in [0, 0.05) is 24.2 Å². The summed E-state index contributed by atoms with van der Waals surface area (Å²) in [5, 5.41) is 5.14. The van der Waals surface area contributed by atoms with Crippen LogP contribution in [0.5, 0.6) is 0 Å². The second-order valence-electron chi connectivity index (χ2n) is 7.45. The minimum Gasteiger partial charge on any atom is -0.376 e. The van der Waals surface area contributed by atoms with Gasteiger partial charge in [0.1, 0.15) is 0 Å². The number of carbonyl (C=O) groups excluding carboxylic acids is 1. The molecule has 6 nitrogen and oxygen atoms in total. The fourth-order valence-corrected chi connectivity index (χ4v) is 5.94. The number of benzene rings is 2. The molecule has 31 heavy (non-hydrogen) atoms. The van der Waals surface area contributed by atoms with Crippen LogP contribution >= 0.6 is 11.3 Å². The Hall–Kier alpha value is -2.84. The van der Waals surface area contributed by atoms with Gasteiger partial charge in [-0.25, -0.2) is 8.42 Å². The minimum absolute atomic E-state index is 0.0190. The van der Waals surface area contributed by atoms with Crippen LogP contribution in [0, 0.1) is 0 Å². The van der Waals surface area contributed by atoms with Crippen molar-refractivity contribution in [2.45, 2.75) is 23.8 Å². The van der Waals surface area contributed by atoms with E-state index in [1.165, 1.54) is 16.2 Å². The lowest BCUT2D eigenvalue weighted by Gasteiger charge is -2.24. The van der Waals surface area contributed by atoms with Crippen molar-refractivity contribution in [3.05, 3.63) is 77.0 Å². The topological polar surface area (TPSA) is 69.7 Å². The average molecular weight is 456 g/mol. The monoisotopic (exact) mass is 455 g/mol. The van der Waals surface area contributed by atoms with Crippen molar-refractivity contribution in [2.75, 3.05) is 29.8 Å². The van der Waals surface area contributed by atoms with Gasteiger partial charge in [-0.1, -0.05) is 30.3 Å². The molecule has 1 N–H and O–H groups in total. The summed E-state index contributed by atoms with van der Waals surface area (Å²) >= 11 is 1.68. The molecule has 1 aliphatic rings. The van der Waals surface area contributed by atoms with Crippen LogP contribution in [0.2, 0.25) is 0 Å². The first-order valence-electron chi connectivity index (χ1n) is 10.2. The van der Waals surface area contributed by atoms with E-state index in [9.17, 15) is 13.2 Å². The molecule has 0 spiro atoms. The molecule has 8 heteroatoms. The van der Waals surface area contributed by atoms with E-state index in [-0.39, 0.29) is 23.4 Å². The highest BCUT2D eigenvalue weighted by atomic mass is 32.2. The zero-order valence-electron chi connectivity index (χ0n) is 17.3. The molecule has 4 rings (SSSR count). The summed E-state index contributed by atoms with van der Waals surface area (Å²) in [7, 11) is -2.17. The number of amides is 1. The van der Waals surface area contributed by atoms with E-state index in [4.69, 9.17) is 0 Å². The van der Waals surface area contributed by atoms with Crippen LogP contribution in [0.15, 0.2) is 77.0 Å². The molecule has 1 fully saturated rings. The molecule has 0 radical (unpaired) electrons. The zero-order valence-corrected chi connectivity index (χ0v) is 18.9. The van der Waals surface area contributed by atoms with Crippen molar-refractivity contribution in [1.82, 2.24) is 4.90 Å². The van der Waals surface area contributed by atoms with Crippen LogP contribution < -0.4 is 9.62 Å². The van der Waals surface area contributed by atoms with E-state index in [1.807, 2.05) is 22.4 Å². The number of hydrogen-bond acceptors (Lipinski definition) is 5. The summed E-state index contributed by atoms with van der Waals surface area (Å²) in [6.07, 6.45) is 1.97. The van der Waals surface area contributed by atoms with Crippen molar-refractivity contribution in [1.29, 1.82) is 0 Å². The highest BCUT2D eigenvalue weighted by Gasteiger charge is 2.30. The quantitative estimate of drug-likeness (QED) is 0.575. The molecular weight excluding hydrogens is 430 g/mol. The van der Waals surface area contributed by atoms with E-state index in [2.05, 4.69) is 11.4 Å². The van der Waals surface area contributed by atoms with E-state index < -0.39 is 10.0 Å². The number of rotatable bonds is 7. The molecule has 162 valence electrons. The molecule has 1 aromatic heterocycles. The summed E-state index contributed by atoms with van der Waals surface area (Å²) in [6, 6.07) is 19.8. The highest BCUT2D eigenvalue weighted by molar-refractivity contribution is 7.92. The predicted octanol–water partition coefficient (Wildman–Crippen LogP) is 4.35. The Morgan fingerprint density at radius 2 is 1.94 bits per heavy atom. The molecule has 1 unspecified atom stereocenters. The summed E-state index contributed by atoms with van der Waals surface area (Å²) in [6.45, 7) is 0.874. The number of thiophene rings is 1. The largest absolute Gasteiger partial charge is 0.376 e. The molecule has 0 bridgehead atoms. The van der Waals surface area contributed by atoms with Gasteiger partial charge in [-0.05, 0) is 54.6 Å². The minimum atomic E-state index is -3.71. The smallest absolute Gasteiger partial charge is 0.264 e. The maximum atomic E-state index is 13.0. The van der Waals surface area contributed by atoms with Crippen LogP contribution in [-0.2, 0) is 14.8 Å². The molecule has 1 saturated heterocycles. The molecule has 2 heterocycles. The Morgan fingerprint density at radius 1 is 1.13 bits per heavy atom. The molecule has 0 aliphatic carbocycles. The number of nitrogens with zero attached hydrogens (tertiary/aromatic N) is 2. The Kier molecular flexibility index (Phi) is 6.29. The third kappa shape index (κ3) is 4.60. The number of likely N-dealkylation sites (tertiary alicyclic amines) is 1. The molecule has 2 aromatic carbocycles. The molecule has 3 aromatic rings. The number of para-hydroxylation sites is 1.